The minimum atomic E-state index is 0.661. The van der Waals surface area contributed by atoms with Crippen LogP contribution in [0.15, 0.2) is 52.8 Å². The molecule has 4 heteroatoms. The standard InChI is InChI=1S/C15H19N3S/c1-12(2)8-16-9-13-10-17-15(18-11-13)19-14-6-4-3-5-7-14/h3-7,10-12,16H,8-9H2,1-2H3. The van der Waals surface area contributed by atoms with Gasteiger partial charge in [0.25, 0.3) is 0 Å². The molecular weight excluding hydrogens is 254 g/mol. The van der Waals surface area contributed by atoms with Crippen LogP contribution in [0.3, 0.4) is 0 Å². The van der Waals surface area contributed by atoms with Crippen molar-refractivity contribution in [1.29, 1.82) is 0 Å². The summed E-state index contributed by atoms with van der Waals surface area (Å²) < 4.78 is 0. The Hall–Kier alpha value is -1.39. The Morgan fingerprint density at radius 1 is 1.11 bits per heavy atom. The van der Waals surface area contributed by atoms with E-state index in [0.717, 1.165) is 28.7 Å². The van der Waals surface area contributed by atoms with E-state index in [-0.39, 0.29) is 0 Å². The van der Waals surface area contributed by atoms with Crippen molar-refractivity contribution in [3.63, 3.8) is 0 Å². The molecule has 1 aromatic heterocycles. The van der Waals surface area contributed by atoms with Gasteiger partial charge in [-0.1, -0.05) is 32.0 Å². The van der Waals surface area contributed by atoms with Gasteiger partial charge in [-0.15, -0.1) is 0 Å². The van der Waals surface area contributed by atoms with Crippen LogP contribution in [-0.4, -0.2) is 16.5 Å². The van der Waals surface area contributed by atoms with E-state index in [1.807, 2.05) is 30.6 Å². The average Bonchev–Trinajstić information content (AvgIpc) is 2.42. The molecule has 19 heavy (non-hydrogen) atoms. The van der Waals surface area contributed by atoms with Crippen molar-refractivity contribution < 1.29 is 0 Å². The van der Waals surface area contributed by atoms with E-state index < -0.39 is 0 Å². The number of hydrogen-bond acceptors (Lipinski definition) is 4. The smallest absolute Gasteiger partial charge is 0.192 e. The monoisotopic (exact) mass is 273 g/mol. The van der Waals surface area contributed by atoms with E-state index >= 15 is 0 Å². The number of nitrogens with zero attached hydrogens (tertiary/aromatic N) is 2. The maximum Gasteiger partial charge on any atom is 0.192 e. The fourth-order valence-corrected chi connectivity index (χ4v) is 2.30. The van der Waals surface area contributed by atoms with Crippen molar-refractivity contribution in [2.75, 3.05) is 6.54 Å². The van der Waals surface area contributed by atoms with Crippen LogP contribution in [0, 0.1) is 5.92 Å². The summed E-state index contributed by atoms with van der Waals surface area (Å²) >= 11 is 1.58. The first kappa shape index (κ1) is 14.0. The van der Waals surface area contributed by atoms with Crippen LogP contribution in [0.4, 0.5) is 0 Å². The van der Waals surface area contributed by atoms with E-state index in [2.05, 4.69) is 41.3 Å². The molecule has 2 aromatic rings. The highest BCUT2D eigenvalue weighted by molar-refractivity contribution is 7.99. The molecule has 100 valence electrons. The molecule has 1 heterocycles. The quantitative estimate of drug-likeness (QED) is 0.819. The Kier molecular flexibility index (Phi) is 5.36. The summed E-state index contributed by atoms with van der Waals surface area (Å²) in [7, 11) is 0. The maximum absolute atomic E-state index is 4.38. The molecule has 0 saturated heterocycles. The topological polar surface area (TPSA) is 37.8 Å². The normalized spacial score (nSPS) is 10.9. The van der Waals surface area contributed by atoms with Gasteiger partial charge in [-0.25, -0.2) is 9.97 Å². The zero-order chi connectivity index (χ0) is 13.5. The molecule has 0 radical (unpaired) electrons. The van der Waals surface area contributed by atoms with E-state index in [0.29, 0.717) is 5.92 Å². The Morgan fingerprint density at radius 2 is 1.79 bits per heavy atom. The first-order chi connectivity index (χ1) is 9.24. The highest BCUT2D eigenvalue weighted by Gasteiger charge is 2.01. The van der Waals surface area contributed by atoms with Crippen LogP contribution in [0.1, 0.15) is 19.4 Å². The summed E-state index contributed by atoms with van der Waals surface area (Å²) in [5.41, 5.74) is 1.12. The second-order valence-electron chi connectivity index (χ2n) is 4.81. The van der Waals surface area contributed by atoms with E-state index in [1.165, 1.54) is 0 Å². The molecule has 0 aliphatic carbocycles. The third kappa shape index (κ3) is 5.01. The van der Waals surface area contributed by atoms with Gasteiger partial charge >= 0.3 is 0 Å². The molecule has 0 fully saturated rings. The lowest BCUT2D eigenvalue weighted by atomic mass is 10.2. The summed E-state index contributed by atoms with van der Waals surface area (Å²) in [5, 5.41) is 4.17. The minimum Gasteiger partial charge on any atom is -0.312 e. The fraction of sp³-hybridized carbons (Fsp3) is 0.333. The molecule has 0 aliphatic heterocycles. The molecule has 2 rings (SSSR count). The molecule has 1 aromatic carbocycles. The number of aromatic nitrogens is 2. The molecule has 0 aliphatic rings. The number of nitrogens with one attached hydrogen (secondary N) is 1. The fourth-order valence-electron chi connectivity index (χ4n) is 1.59. The first-order valence-corrected chi connectivity index (χ1v) is 7.30. The number of rotatable bonds is 6. The summed E-state index contributed by atoms with van der Waals surface area (Å²) in [6.07, 6.45) is 3.79. The highest BCUT2D eigenvalue weighted by atomic mass is 32.2. The molecule has 0 spiro atoms. The van der Waals surface area contributed by atoms with Gasteiger partial charge in [-0.3, -0.25) is 0 Å². The Morgan fingerprint density at radius 3 is 2.42 bits per heavy atom. The molecular formula is C15H19N3S. The number of benzene rings is 1. The zero-order valence-corrected chi connectivity index (χ0v) is 12.2. The molecule has 1 N–H and O–H groups in total. The molecule has 0 atom stereocenters. The van der Waals surface area contributed by atoms with Crippen LogP contribution in [0.2, 0.25) is 0 Å². The van der Waals surface area contributed by atoms with Gasteiger partial charge in [0.05, 0.1) is 0 Å². The lowest BCUT2D eigenvalue weighted by Crippen LogP contribution is -2.19. The predicted molar refractivity (Wildman–Crippen MR) is 79.1 cm³/mol. The summed E-state index contributed by atoms with van der Waals surface area (Å²) in [5.74, 6) is 0.661. The third-order valence-electron chi connectivity index (χ3n) is 2.52. The maximum atomic E-state index is 4.38. The highest BCUT2D eigenvalue weighted by Crippen LogP contribution is 2.23. The molecule has 0 unspecified atom stereocenters. The SMILES string of the molecule is CC(C)CNCc1cnc(Sc2ccccc2)nc1. The van der Waals surface area contributed by atoms with Crippen molar-refractivity contribution in [2.45, 2.75) is 30.4 Å². The first-order valence-electron chi connectivity index (χ1n) is 6.48. The van der Waals surface area contributed by atoms with Crippen molar-refractivity contribution in [3.05, 3.63) is 48.3 Å². The van der Waals surface area contributed by atoms with Crippen LogP contribution < -0.4 is 5.32 Å². The van der Waals surface area contributed by atoms with Crippen molar-refractivity contribution in [2.24, 2.45) is 5.92 Å². The van der Waals surface area contributed by atoms with Crippen LogP contribution >= 0.6 is 11.8 Å². The van der Waals surface area contributed by atoms with Gasteiger partial charge in [0, 0.05) is 29.4 Å². The lowest BCUT2D eigenvalue weighted by Gasteiger charge is -2.07. The van der Waals surface area contributed by atoms with Gasteiger partial charge in [0.2, 0.25) is 0 Å². The second kappa shape index (κ2) is 7.26. The van der Waals surface area contributed by atoms with Crippen molar-refractivity contribution in [3.8, 4) is 0 Å². The van der Waals surface area contributed by atoms with Crippen molar-refractivity contribution >= 4 is 11.8 Å². The molecule has 3 nitrogen and oxygen atoms in total. The van der Waals surface area contributed by atoms with Gasteiger partial charge in [0.1, 0.15) is 0 Å². The largest absolute Gasteiger partial charge is 0.312 e. The van der Waals surface area contributed by atoms with E-state index in [9.17, 15) is 0 Å². The second-order valence-corrected chi connectivity index (χ2v) is 5.85. The van der Waals surface area contributed by atoms with Crippen LogP contribution in [0.25, 0.3) is 0 Å². The Bertz CT molecular complexity index is 483. The van der Waals surface area contributed by atoms with Crippen LogP contribution in [-0.2, 0) is 6.54 Å². The average molecular weight is 273 g/mol. The molecule has 0 amide bonds. The third-order valence-corrected chi connectivity index (χ3v) is 3.42. The van der Waals surface area contributed by atoms with E-state index in [1.54, 1.807) is 11.8 Å². The van der Waals surface area contributed by atoms with Gasteiger partial charge in [-0.05, 0) is 36.4 Å². The minimum absolute atomic E-state index is 0.661. The Balaban J connectivity index is 1.88. The molecule has 0 bridgehead atoms. The predicted octanol–water partition coefficient (Wildman–Crippen LogP) is 3.37. The Labute approximate surface area is 118 Å². The summed E-state index contributed by atoms with van der Waals surface area (Å²) in [6.45, 7) is 6.24. The van der Waals surface area contributed by atoms with Crippen molar-refractivity contribution in [1.82, 2.24) is 15.3 Å². The summed E-state index contributed by atoms with van der Waals surface area (Å²) in [6, 6.07) is 10.2. The number of hydrogen-bond donors (Lipinski definition) is 1. The zero-order valence-electron chi connectivity index (χ0n) is 11.3. The van der Waals surface area contributed by atoms with Gasteiger partial charge in [0.15, 0.2) is 5.16 Å². The lowest BCUT2D eigenvalue weighted by molar-refractivity contribution is 0.550. The summed E-state index contributed by atoms with van der Waals surface area (Å²) in [4.78, 5) is 9.93. The molecule has 0 saturated carbocycles. The van der Waals surface area contributed by atoms with Crippen LogP contribution in [0.5, 0.6) is 0 Å². The van der Waals surface area contributed by atoms with Gasteiger partial charge < -0.3 is 5.32 Å². The van der Waals surface area contributed by atoms with Gasteiger partial charge in [-0.2, -0.15) is 0 Å². The van der Waals surface area contributed by atoms with E-state index in [4.69, 9.17) is 0 Å².